The first kappa shape index (κ1) is 9.84. The Morgan fingerprint density at radius 3 is 3.08 bits per heavy atom. The Labute approximate surface area is 81.5 Å². The van der Waals surface area contributed by atoms with Gasteiger partial charge in [0.15, 0.2) is 0 Å². The monoisotopic (exact) mass is 202 g/mol. The zero-order valence-corrected chi connectivity index (χ0v) is 8.40. The van der Waals surface area contributed by atoms with Gasteiger partial charge in [-0.15, -0.1) is 11.8 Å². The van der Waals surface area contributed by atoms with Crippen LogP contribution in [0.2, 0.25) is 5.02 Å². The number of rotatable bonds is 3. The molecule has 0 amide bonds. The van der Waals surface area contributed by atoms with E-state index in [0.29, 0.717) is 5.02 Å². The van der Waals surface area contributed by atoms with E-state index in [1.165, 1.54) is 0 Å². The third-order valence-electron chi connectivity index (χ3n) is 1.21. The van der Waals surface area contributed by atoms with Crippen molar-refractivity contribution in [2.45, 2.75) is 18.0 Å². The van der Waals surface area contributed by atoms with E-state index in [1.807, 2.05) is 19.1 Å². The maximum Gasteiger partial charge on any atom is 0.115 e. The molecule has 1 heterocycles. The minimum absolute atomic E-state index is 0.174. The molecule has 1 aromatic rings. The molecule has 0 aliphatic heterocycles. The fourth-order valence-electron chi connectivity index (χ4n) is 0.688. The molecule has 0 fully saturated rings. The topological polar surface area (TPSA) is 38.9 Å². The average Bonchev–Trinajstić information content (AvgIpc) is 2.03. The van der Waals surface area contributed by atoms with Crippen LogP contribution in [-0.4, -0.2) is 16.8 Å². The summed E-state index contributed by atoms with van der Waals surface area (Å²) in [5.41, 5.74) is 5.60. The van der Waals surface area contributed by atoms with Crippen LogP contribution in [0.1, 0.15) is 6.92 Å². The molecular formula is C8H11ClN2S. The lowest BCUT2D eigenvalue weighted by Gasteiger charge is -2.04. The van der Waals surface area contributed by atoms with E-state index in [-0.39, 0.29) is 6.04 Å². The van der Waals surface area contributed by atoms with Gasteiger partial charge in [0, 0.05) is 18.0 Å². The van der Waals surface area contributed by atoms with Gasteiger partial charge in [-0.05, 0) is 19.1 Å². The van der Waals surface area contributed by atoms with Gasteiger partial charge in [0.1, 0.15) is 5.03 Å². The minimum atomic E-state index is 0.174. The first-order valence-electron chi connectivity index (χ1n) is 3.69. The van der Waals surface area contributed by atoms with Crippen molar-refractivity contribution in [2.75, 3.05) is 5.75 Å². The van der Waals surface area contributed by atoms with Crippen molar-refractivity contribution in [3.8, 4) is 0 Å². The maximum atomic E-state index is 5.88. The van der Waals surface area contributed by atoms with Crippen molar-refractivity contribution in [2.24, 2.45) is 5.73 Å². The van der Waals surface area contributed by atoms with E-state index in [4.69, 9.17) is 17.3 Å². The van der Waals surface area contributed by atoms with Crippen molar-refractivity contribution in [3.63, 3.8) is 0 Å². The van der Waals surface area contributed by atoms with Gasteiger partial charge < -0.3 is 5.73 Å². The van der Waals surface area contributed by atoms with Crippen LogP contribution in [-0.2, 0) is 0 Å². The van der Waals surface area contributed by atoms with Crippen molar-refractivity contribution < 1.29 is 0 Å². The van der Waals surface area contributed by atoms with E-state index >= 15 is 0 Å². The zero-order chi connectivity index (χ0) is 8.97. The molecule has 0 aliphatic rings. The molecule has 1 unspecified atom stereocenters. The standard InChI is InChI=1S/C8H11ClN2S/c1-6(10)5-12-8-7(9)3-2-4-11-8/h2-4,6H,5,10H2,1H3. The van der Waals surface area contributed by atoms with Gasteiger partial charge in [-0.2, -0.15) is 0 Å². The van der Waals surface area contributed by atoms with Gasteiger partial charge in [-0.25, -0.2) is 4.98 Å². The minimum Gasteiger partial charge on any atom is -0.327 e. The summed E-state index contributed by atoms with van der Waals surface area (Å²) in [5.74, 6) is 0.844. The third kappa shape index (κ3) is 3.01. The van der Waals surface area contributed by atoms with Gasteiger partial charge in [-0.3, -0.25) is 0 Å². The Morgan fingerprint density at radius 1 is 1.75 bits per heavy atom. The summed E-state index contributed by atoms with van der Waals surface area (Å²) < 4.78 is 0. The SMILES string of the molecule is CC(N)CSc1ncccc1Cl. The fraction of sp³-hybridized carbons (Fsp3) is 0.375. The van der Waals surface area contributed by atoms with E-state index in [9.17, 15) is 0 Å². The Kier molecular flexibility index (Phi) is 3.85. The zero-order valence-electron chi connectivity index (χ0n) is 6.83. The molecule has 66 valence electrons. The number of halogens is 1. The Hall–Kier alpha value is -0.250. The molecule has 2 nitrogen and oxygen atoms in total. The molecule has 0 saturated heterocycles. The van der Waals surface area contributed by atoms with Crippen LogP contribution in [0.3, 0.4) is 0 Å². The second-order valence-corrected chi connectivity index (χ2v) is 3.99. The molecule has 2 N–H and O–H groups in total. The van der Waals surface area contributed by atoms with Gasteiger partial charge >= 0.3 is 0 Å². The highest BCUT2D eigenvalue weighted by Crippen LogP contribution is 2.23. The van der Waals surface area contributed by atoms with Crippen molar-refractivity contribution in [1.29, 1.82) is 0 Å². The second kappa shape index (κ2) is 4.70. The predicted octanol–water partition coefficient (Wildman–Crippen LogP) is 2.17. The smallest absolute Gasteiger partial charge is 0.115 e. The van der Waals surface area contributed by atoms with Crippen LogP contribution >= 0.6 is 23.4 Å². The summed E-state index contributed by atoms with van der Waals surface area (Å²) in [6.07, 6.45) is 1.73. The average molecular weight is 203 g/mol. The summed E-state index contributed by atoms with van der Waals surface area (Å²) >= 11 is 7.47. The molecule has 1 atom stereocenters. The number of thioether (sulfide) groups is 1. The number of pyridine rings is 1. The van der Waals surface area contributed by atoms with Crippen molar-refractivity contribution >= 4 is 23.4 Å². The molecule has 0 radical (unpaired) electrons. The number of nitrogens with zero attached hydrogens (tertiary/aromatic N) is 1. The Morgan fingerprint density at radius 2 is 2.50 bits per heavy atom. The normalized spacial score (nSPS) is 12.9. The van der Waals surface area contributed by atoms with E-state index < -0.39 is 0 Å². The quantitative estimate of drug-likeness (QED) is 0.764. The summed E-state index contributed by atoms with van der Waals surface area (Å²) in [4.78, 5) is 4.13. The summed E-state index contributed by atoms with van der Waals surface area (Å²) in [7, 11) is 0. The molecule has 0 aliphatic carbocycles. The molecule has 0 spiro atoms. The molecule has 0 aromatic carbocycles. The van der Waals surface area contributed by atoms with Gasteiger partial charge in [0.25, 0.3) is 0 Å². The highest BCUT2D eigenvalue weighted by atomic mass is 35.5. The molecule has 4 heteroatoms. The van der Waals surface area contributed by atoms with E-state index in [1.54, 1.807) is 18.0 Å². The van der Waals surface area contributed by atoms with Crippen LogP contribution in [0.25, 0.3) is 0 Å². The first-order valence-corrected chi connectivity index (χ1v) is 5.05. The maximum absolute atomic E-state index is 5.88. The highest BCUT2D eigenvalue weighted by Gasteiger charge is 2.02. The van der Waals surface area contributed by atoms with E-state index in [0.717, 1.165) is 10.8 Å². The first-order chi connectivity index (χ1) is 5.70. The number of aromatic nitrogens is 1. The summed E-state index contributed by atoms with van der Waals surface area (Å²) in [6, 6.07) is 3.82. The highest BCUT2D eigenvalue weighted by molar-refractivity contribution is 7.99. The van der Waals surface area contributed by atoms with Gasteiger partial charge in [0.05, 0.1) is 5.02 Å². The number of hydrogen-bond donors (Lipinski definition) is 1. The number of nitrogens with two attached hydrogens (primary N) is 1. The molecule has 12 heavy (non-hydrogen) atoms. The lowest BCUT2D eigenvalue weighted by Crippen LogP contribution is -2.17. The Balaban J connectivity index is 2.57. The predicted molar refractivity (Wildman–Crippen MR) is 53.6 cm³/mol. The van der Waals surface area contributed by atoms with Crippen LogP contribution in [0.5, 0.6) is 0 Å². The van der Waals surface area contributed by atoms with Crippen LogP contribution in [0, 0.1) is 0 Å². The van der Waals surface area contributed by atoms with Gasteiger partial charge in [-0.1, -0.05) is 11.6 Å². The Bertz CT molecular complexity index is 253. The number of hydrogen-bond acceptors (Lipinski definition) is 3. The summed E-state index contributed by atoms with van der Waals surface area (Å²) in [6.45, 7) is 1.96. The van der Waals surface area contributed by atoms with Crippen LogP contribution < -0.4 is 5.73 Å². The fourth-order valence-corrected chi connectivity index (χ4v) is 1.74. The lowest BCUT2D eigenvalue weighted by atomic mass is 10.4. The molecule has 1 aromatic heterocycles. The molecule has 1 rings (SSSR count). The molecule has 0 bridgehead atoms. The third-order valence-corrected chi connectivity index (χ3v) is 2.92. The second-order valence-electron chi connectivity index (χ2n) is 2.58. The lowest BCUT2D eigenvalue weighted by molar-refractivity contribution is 0.846. The molecular weight excluding hydrogens is 192 g/mol. The van der Waals surface area contributed by atoms with Crippen LogP contribution in [0.15, 0.2) is 23.4 Å². The molecule has 0 saturated carbocycles. The van der Waals surface area contributed by atoms with Crippen molar-refractivity contribution in [3.05, 3.63) is 23.4 Å². The van der Waals surface area contributed by atoms with E-state index in [2.05, 4.69) is 4.98 Å². The largest absolute Gasteiger partial charge is 0.327 e. The van der Waals surface area contributed by atoms with Gasteiger partial charge in [0.2, 0.25) is 0 Å². The summed E-state index contributed by atoms with van der Waals surface area (Å²) in [5, 5.41) is 1.56. The van der Waals surface area contributed by atoms with Crippen LogP contribution in [0.4, 0.5) is 0 Å². The van der Waals surface area contributed by atoms with Crippen molar-refractivity contribution in [1.82, 2.24) is 4.98 Å².